The number of rotatable bonds is 9. The van der Waals surface area contributed by atoms with Crippen molar-refractivity contribution in [1.82, 2.24) is 10.2 Å². The van der Waals surface area contributed by atoms with Crippen LogP contribution in [-0.2, 0) is 24.3 Å². The summed E-state index contributed by atoms with van der Waals surface area (Å²) in [6.07, 6.45) is 0. The normalized spacial score (nSPS) is 11.1. The van der Waals surface area contributed by atoms with Crippen molar-refractivity contribution in [3.8, 4) is 0 Å². The first-order valence-corrected chi connectivity index (χ1v) is 13.4. The molecule has 0 saturated carbocycles. The van der Waals surface area contributed by atoms with Crippen molar-refractivity contribution in [2.24, 2.45) is 0 Å². The minimum absolute atomic E-state index is 0.0607. The van der Waals surface area contributed by atoms with Crippen molar-refractivity contribution < 1.29 is 22.7 Å². The van der Waals surface area contributed by atoms with Gasteiger partial charge >= 0.3 is 5.97 Å². The fourth-order valence-corrected chi connectivity index (χ4v) is 5.83. The first-order chi connectivity index (χ1) is 15.7. The number of esters is 1. The van der Waals surface area contributed by atoms with Gasteiger partial charge < -0.3 is 4.74 Å². The molecule has 1 aromatic heterocycles. The Bertz CT molecular complexity index is 1230. The largest absolute Gasteiger partial charge is 0.468 e. The first-order valence-electron chi connectivity index (χ1n) is 9.37. The number of carbonyl (C=O) groups excluding carboxylic acids is 2. The molecule has 13 heteroatoms. The Balaban J connectivity index is 1.80. The Hall–Kier alpha value is -2.48. The summed E-state index contributed by atoms with van der Waals surface area (Å²) in [5, 5.41) is 10.5. The minimum Gasteiger partial charge on any atom is -0.468 e. The summed E-state index contributed by atoms with van der Waals surface area (Å²) in [5.74, 6) is -0.938. The Kier molecular flexibility index (Phi) is 8.46. The predicted octanol–water partition coefficient (Wildman–Crippen LogP) is 3.71. The molecule has 0 fully saturated rings. The number of aryl methyl sites for hydroxylation is 1. The number of nitrogens with one attached hydrogen (secondary N) is 1. The molecule has 3 aromatic rings. The third kappa shape index (κ3) is 6.76. The number of thioether (sulfide) groups is 1. The van der Waals surface area contributed by atoms with Crippen LogP contribution in [0.25, 0.3) is 0 Å². The SMILES string of the molecule is COC(=O)CSc1nnc(NC(=O)CN(c2ccc(Br)cc2)S(=O)(=O)c2ccc(C)cc2)s1. The summed E-state index contributed by atoms with van der Waals surface area (Å²) in [6.45, 7) is 1.39. The number of benzene rings is 2. The van der Waals surface area contributed by atoms with Gasteiger partial charge in [0.1, 0.15) is 6.54 Å². The van der Waals surface area contributed by atoms with Gasteiger partial charge in [0.15, 0.2) is 4.34 Å². The molecule has 0 aliphatic rings. The van der Waals surface area contributed by atoms with Gasteiger partial charge in [-0.1, -0.05) is 56.7 Å². The van der Waals surface area contributed by atoms with Gasteiger partial charge in [0.25, 0.3) is 10.0 Å². The van der Waals surface area contributed by atoms with E-state index in [1.54, 1.807) is 36.4 Å². The lowest BCUT2D eigenvalue weighted by atomic mass is 10.2. The average Bonchev–Trinajstić information content (AvgIpc) is 3.24. The summed E-state index contributed by atoms with van der Waals surface area (Å²) in [6, 6.07) is 13.0. The van der Waals surface area contributed by atoms with Gasteiger partial charge in [0.2, 0.25) is 11.0 Å². The predicted molar refractivity (Wildman–Crippen MR) is 131 cm³/mol. The number of anilines is 2. The molecule has 0 radical (unpaired) electrons. The zero-order chi connectivity index (χ0) is 24.0. The number of nitrogens with zero attached hydrogens (tertiary/aromatic N) is 3. The lowest BCUT2D eigenvalue weighted by Gasteiger charge is -2.24. The van der Waals surface area contributed by atoms with Crippen LogP contribution >= 0.6 is 39.0 Å². The van der Waals surface area contributed by atoms with Crippen LogP contribution in [-0.4, -0.2) is 49.9 Å². The van der Waals surface area contributed by atoms with Crippen molar-refractivity contribution in [2.45, 2.75) is 16.2 Å². The van der Waals surface area contributed by atoms with E-state index in [2.05, 4.69) is 36.2 Å². The molecule has 0 unspecified atom stereocenters. The highest BCUT2D eigenvalue weighted by Gasteiger charge is 2.27. The van der Waals surface area contributed by atoms with E-state index in [0.29, 0.717) is 10.0 Å². The molecule has 33 heavy (non-hydrogen) atoms. The molecule has 1 N–H and O–H groups in total. The van der Waals surface area contributed by atoms with Crippen molar-refractivity contribution in [3.05, 3.63) is 58.6 Å². The zero-order valence-corrected chi connectivity index (χ0v) is 21.6. The third-order valence-electron chi connectivity index (χ3n) is 4.20. The second-order valence-corrected chi connectivity index (χ2v) is 11.6. The lowest BCUT2D eigenvalue weighted by Crippen LogP contribution is -2.38. The molecule has 0 atom stereocenters. The second kappa shape index (κ2) is 11.1. The molecule has 0 saturated heterocycles. The van der Waals surface area contributed by atoms with E-state index in [1.807, 2.05) is 6.92 Å². The maximum Gasteiger partial charge on any atom is 0.316 e. The summed E-state index contributed by atoms with van der Waals surface area (Å²) in [4.78, 5) is 24.1. The molecule has 0 aliphatic carbocycles. The minimum atomic E-state index is -4.02. The molecule has 2 aromatic carbocycles. The zero-order valence-electron chi connectivity index (χ0n) is 17.5. The van der Waals surface area contributed by atoms with Gasteiger partial charge in [-0.2, -0.15) is 0 Å². The molecule has 1 amide bonds. The molecule has 3 rings (SSSR count). The van der Waals surface area contributed by atoms with E-state index in [4.69, 9.17) is 0 Å². The Labute approximate surface area is 207 Å². The van der Waals surface area contributed by atoms with Crippen LogP contribution in [0, 0.1) is 6.92 Å². The quantitative estimate of drug-likeness (QED) is 0.235. The van der Waals surface area contributed by atoms with E-state index in [0.717, 1.165) is 37.4 Å². The van der Waals surface area contributed by atoms with Crippen molar-refractivity contribution in [1.29, 1.82) is 0 Å². The van der Waals surface area contributed by atoms with Crippen LogP contribution in [0.4, 0.5) is 10.8 Å². The number of amides is 1. The topological polar surface area (TPSA) is 119 Å². The Morgan fingerprint density at radius 2 is 1.79 bits per heavy atom. The van der Waals surface area contributed by atoms with E-state index in [-0.39, 0.29) is 15.8 Å². The summed E-state index contributed by atoms with van der Waals surface area (Å²) >= 11 is 5.52. The molecular formula is C20H19BrN4O5S3. The van der Waals surface area contributed by atoms with Gasteiger partial charge in [-0.3, -0.25) is 19.2 Å². The molecule has 1 heterocycles. The number of hydrogen-bond acceptors (Lipinski definition) is 9. The van der Waals surface area contributed by atoms with Gasteiger partial charge in [-0.05, 0) is 43.3 Å². The van der Waals surface area contributed by atoms with E-state index in [9.17, 15) is 18.0 Å². The smallest absolute Gasteiger partial charge is 0.316 e. The summed E-state index contributed by atoms with van der Waals surface area (Å²) in [5.41, 5.74) is 1.25. The van der Waals surface area contributed by atoms with Crippen molar-refractivity contribution >= 4 is 71.7 Å². The monoisotopic (exact) mass is 570 g/mol. The fraction of sp³-hybridized carbons (Fsp3) is 0.200. The van der Waals surface area contributed by atoms with Crippen molar-refractivity contribution in [3.63, 3.8) is 0 Å². The molecule has 0 aliphatic heterocycles. The molecule has 0 bridgehead atoms. The number of methoxy groups -OCH3 is 1. The van der Waals surface area contributed by atoms with Crippen LogP contribution in [0.2, 0.25) is 0 Å². The second-order valence-electron chi connectivity index (χ2n) is 6.59. The van der Waals surface area contributed by atoms with Gasteiger partial charge in [-0.25, -0.2) is 8.42 Å². The highest BCUT2D eigenvalue weighted by atomic mass is 79.9. The maximum absolute atomic E-state index is 13.4. The number of sulfonamides is 1. The number of carbonyl (C=O) groups is 2. The highest BCUT2D eigenvalue weighted by Crippen LogP contribution is 2.27. The van der Waals surface area contributed by atoms with Crippen LogP contribution in [0.1, 0.15) is 5.56 Å². The van der Waals surface area contributed by atoms with E-state index < -0.39 is 28.4 Å². The molecule has 174 valence electrons. The lowest BCUT2D eigenvalue weighted by molar-refractivity contribution is -0.137. The Morgan fingerprint density at radius 3 is 2.42 bits per heavy atom. The van der Waals surface area contributed by atoms with Crippen LogP contribution in [0.3, 0.4) is 0 Å². The molecule has 9 nitrogen and oxygen atoms in total. The van der Waals surface area contributed by atoms with Crippen LogP contribution in [0.15, 0.2) is 62.2 Å². The van der Waals surface area contributed by atoms with Crippen molar-refractivity contribution in [2.75, 3.05) is 29.0 Å². The fourth-order valence-electron chi connectivity index (χ4n) is 2.55. The molecule has 0 spiro atoms. The maximum atomic E-state index is 13.4. The van der Waals surface area contributed by atoms with E-state index in [1.165, 1.54) is 19.2 Å². The van der Waals surface area contributed by atoms with Crippen LogP contribution < -0.4 is 9.62 Å². The summed E-state index contributed by atoms with van der Waals surface area (Å²) in [7, 11) is -2.73. The average molecular weight is 572 g/mol. The van der Waals surface area contributed by atoms with E-state index >= 15 is 0 Å². The Morgan fingerprint density at radius 1 is 1.12 bits per heavy atom. The number of ether oxygens (including phenoxy) is 1. The highest BCUT2D eigenvalue weighted by molar-refractivity contribution is 9.10. The van der Waals surface area contributed by atoms with Gasteiger partial charge in [-0.15, -0.1) is 10.2 Å². The third-order valence-corrected chi connectivity index (χ3v) is 8.47. The standard InChI is InChI=1S/C20H19BrN4O5S3/c1-13-3-9-16(10-4-13)33(28,29)25(15-7-5-14(21)6-8-15)11-17(26)22-19-23-24-20(32-19)31-12-18(27)30-2/h3-10H,11-12H2,1-2H3,(H,22,23,26). The van der Waals surface area contributed by atoms with Gasteiger partial charge in [0.05, 0.1) is 23.4 Å². The molecular weight excluding hydrogens is 552 g/mol. The first kappa shape index (κ1) is 25.1. The summed E-state index contributed by atoms with van der Waals surface area (Å²) < 4.78 is 33.6. The number of halogens is 1. The number of hydrogen-bond donors (Lipinski definition) is 1. The number of aromatic nitrogens is 2. The van der Waals surface area contributed by atoms with Gasteiger partial charge in [0, 0.05) is 4.47 Å². The van der Waals surface area contributed by atoms with Crippen LogP contribution in [0.5, 0.6) is 0 Å².